The fourth-order valence-corrected chi connectivity index (χ4v) is 2.52. The molecule has 1 rings (SSSR count). The van der Waals surface area contributed by atoms with E-state index in [0.717, 1.165) is 6.54 Å². The van der Waals surface area contributed by atoms with Gasteiger partial charge in [-0.15, -0.1) is 11.8 Å². The van der Waals surface area contributed by atoms with Crippen molar-refractivity contribution >= 4 is 11.8 Å². The highest BCUT2D eigenvalue weighted by molar-refractivity contribution is 7.99. The third kappa shape index (κ3) is 6.75. The van der Waals surface area contributed by atoms with E-state index in [9.17, 15) is 0 Å². The van der Waals surface area contributed by atoms with Crippen LogP contribution >= 0.6 is 11.8 Å². The molecule has 0 heterocycles. The number of hydrogen-bond donors (Lipinski definition) is 1. The van der Waals surface area contributed by atoms with Crippen LogP contribution in [-0.4, -0.2) is 17.8 Å². The number of thioether (sulfide) groups is 1. The first-order valence-electron chi connectivity index (χ1n) is 6.31. The van der Waals surface area contributed by atoms with Crippen molar-refractivity contribution < 1.29 is 0 Å². The molecule has 0 aliphatic carbocycles. The molecule has 0 amide bonds. The van der Waals surface area contributed by atoms with Gasteiger partial charge in [0, 0.05) is 16.2 Å². The van der Waals surface area contributed by atoms with E-state index in [0.29, 0.717) is 5.92 Å². The topological polar surface area (TPSA) is 12.0 Å². The minimum Gasteiger partial charge on any atom is -0.312 e. The Labute approximate surface area is 110 Å². The van der Waals surface area contributed by atoms with E-state index in [1.54, 1.807) is 0 Å². The van der Waals surface area contributed by atoms with Gasteiger partial charge in [-0.25, -0.2) is 0 Å². The molecule has 1 unspecified atom stereocenters. The second kappa shape index (κ2) is 6.46. The monoisotopic (exact) mass is 251 g/mol. The average Bonchev–Trinajstić information content (AvgIpc) is 2.23. The fraction of sp³-hybridized carbons (Fsp3) is 0.600. The van der Waals surface area contributed by atoms with Crippen molar-refractivity contribution in [2.75, 3.05) is 12.3 Å². The number of benzene rings is 1. The maximum absolute atomic E-state index is 3.56. The van der Waals surface area contributed by atoms with Gasteiger partial charge in [-0.2, -0.15) is 0 Å². The van der Waals surface area contributed by atoms with Crippen LogP contribution in [0.3, 0.4) is 0 Å². The fourth-order valence-electron chi connectivity index (χ4n) is 1.48. The summed E-state index contributed by atoms with van der Waals surface area (Å²) in [6.07, 6.45) is 0. The Kier molecular flexibility index (Phi) is 5.54. The summed E-state index contributed by atoms with van der Waals surface area (Å²) in [5, 5.41) is 3.56. The maximum Gasteiger partial charge on any atom is 0.00966 e. The minimum absolute atomic E-state index is 0.224. The van der Waals surface area contributed by atoms with Crippen LogP contribution in [0.2, 0.25) is 0 Å². The van der Waals surface area contributed by atoms with Crippen molar-refractivity contribution in [3.8, 4) is 0 Å². The van der Waals surface area contributed by atoms with E-state index in [2.05, 4.69) is 64.2 Å². The quantitative estimate of drug-likeness (QED) is 0.790. The van der Waals surface area contributed by atoms with Gasteiger partial charge in [-0.1, -0.05) is 24.6 Å². The first-order valence-corrected chi connectivity index (χ1v) is 7.30. The Morgan fingerprint density at radius 3 is 2.59 bits per heavy atom. The van der Waals surface area contributed by atoms with Gasteiger partial charge in [0.1, 0.15) is 0 Å². The molecule has 1 atom stereocenters. The van der Waals surface area contributed by atoms with E-state index >= 15 is 0 Å². The Morgan fingerprint density at radius 2 is 2.00 bits per heavy atom. The summed E-state index contributed by atoms with van der Waals surface area (Å²) >= 11 is 1.95. The Balaban J connectivity index is 2.31. The van der Waals surface area contributed by atoms with Crippen molar-refractivity contribution in [1.82, 2.24) is 5.32 Å². The number of rotatable bonds is 5. The molecule has 0 aliphatic heterocycles. The molecule has 96 valence electrons. The van der Waals surface area contributed by atoms with Gasteiger partial charge in [0.2, 0.25) is 0 Å². The van der Waals surface area contributed by atoms with Crippen LogP contribution in [-0.2, 0) is 0 Å². The number of nitrogens with one attached hydrogen (secondary N) is 1. The lowest BCUT2D eigenvalue weighted by molar-refractivity contribution is 0.395. The molecule has 0 saturated heterocycles. The van der Waals surface area contributed by atoms with Gasteiger partial charge < -0.3 is 5.32 Å². The molecule has 0 radical (unpaired) electrons. The summed E-state index contributed by atoms with van der Waals surface area (Å²) in [4.78, 5) is 1.38. The summed E-state index contributed by atoms with van der Waals surface area (Å²) in [6.45, 7) is 12.2. The van der Waals surface area contributed by atoms with Gasteiger partial charge >= 0.3 is 0 Å². The molecule has 1 aromatic carbocycles. The zero-order valence-electron chi connectivity index (χ0n) is 11.7. The molecule has 0 bridgehead atoms. The highest BCUT2D eigenvalue weighted by Gasteiger charge is 2.11. The second-order valence-corrected chi connectivity index (χ2v) is 6.96. The van der Waals surface area contributed by atoms with Gasteiger partial charge in [0.25, 0.3) is 0 Å². The summed E-state index contributed by atoms with van der Waals surface area (Å²) in [7, 11) is 0. The lowest BCUT2D eigenvalue weighted by Gasteiger charge is -2.23. The van der Waals surface area contributed by atoms with Gasteiger partial charge in [-0.05, 0) is 52.3 Å². The zero-order valence-corrected chi connectivity index (χ0v) is 12.5. The van der Waals surface area contributed by atoms with Crippen LogP contribution in [0.25, 0.3) is 0 Å². The van der Waals surface area contributed by atoms with Crippen LogP contribution in [0.4, 0.5) is 0 Å². The molecule has 0 fully saturated rings. The van der Waals surface area contributed by atoms with Crippen molar-refractivity contribution in [3.63, 3.8) is 0 Å². The van der Waals surface area contributed by atoms with E-state index in [-0.39, 0.29) is 5.54 Å². The van der Waals surface area contributed by atoms with Crippen LogP contribution < -0.4 is 5.32 Å². The van der Waals surface area contributed by atoms with E-state index in [4.69, 9.17) is 0 Å². The average molecular weight is 251 g/mol. The lowest BCUT2D eigenvalue weighted by atomic mass is 10.1. The predicted molar refractivity (Wildman–Crippen MR) is 78.8 cm³/mol. The molecule has 17 heavy (non-hydrogen) atoms. The Bertz CT molecular complexity index is 341. The molecule has 0 aliphatic rings. The molecule has 1 aromatic rings. The van der Waals surface area contributed by atoms with Crippen LogP contribution in [0.5, 0.6) is 0 Å². The lowest BCUT2D eigenvalue weighted by Crippen LogP contribution is -2.39. The molecular weight excluding hydrogens is 226 g/mol. The van der Waals surface area contributed by atoms with Crippen molar-refractivity contribution in [2.45, 2.75) is 45.1 Å². The molecule has 0 saturated carbocycles. The first-order chi connectivity index (χ1) is 7.87. The SMILES string of the molecule is Cc1cccc(SCC(C)CNC(C)(C)C)c1. The summed E-state index contributed by atoms with van der Waals surface area (Å²) in [5.41, 5.74) is 1.57. The molecule has 1 nitrogen and oxygen atoms in total. The summed E-state index contributed by atoms with van der Waals surface area (Å²) in [6, 6.07) is 8.74. The van der Waals surface area contributed by atoms with Crippen molar-refractivity contribution in [3.05, 3.63) is 29.8 Å². The highest BCUT2D eigenvalue weighted by atomic mass is 32.2. The molecular formula is C15H25NS. The highest BCUT2D eigenvalue weighted by Crippen LogP contribution is 2.21. The van der Waals surface area contributed by atoms with Crippen LogP contribution in [0.15, 0.2) is 29.2 Å². The molecule has 0 aromatic heterocycles. The first kappa shape index (κ1) is 14.6. The van der Waals surface area contributed by atoms with Crippen molar-refractivity contribution in [2.24, 2.45) is 5.92 Å². The summed E-state index contributed by atoms with van der Waals surface area (Å²) < 4.78 is 0. The number of hydrogen-bond acceptors (Lipinski definition) is 2. The summed E-state index contributed by atoms with van der Waals surface area (Å²) in [5.74, 6) is 1.87. The Morgan fingerprint density at radius 1 is 1.29 bits per heavy atom. The normalized spacial score (nSPS) is 13.7. The molecule has 0 spiro atoms. The smallest absolute Gasteiger partial charge is 0.00966 e. The zero-order chi connectivity index (χ0) is 12.9. The van der Waals surface area contributed by atoms with E-state index in [1.165, 1.54) is 16.2 Å². The van der Waals surface area contributed by atoms with Gasteiger partial charge in [-0.3, -0.25) is 0 Å². The van der Waals surface area contributed by atoms with Gasteiger partial charge in [0.15, 0.2) is 0 Å². The van der Waals surface area contributed by atoms with E-state index < -0.39 is 0 Å². The molecule has 1 N–H and O–H groups in total. The van der Waals surface area contributed by atoms with Crippen LogP contribution in [0.1, 0.15) is 33.3 Å². The third-order valence-corrected chi connectivity index (χ3v) is 3.83. The van der Waals surface area contributed by atoms with Crippen LogP contribution in [0, 0.1) is 12.8 Å². The second-order valence-electron chi connectivity index (χ2n) is 5.86. The standard InChI is InChI=1S/C15H25NS/c1-12-7-6-8-14(9-12)17-11-13(2)10-16-15(3,4)5/h6-9,13,16H,10-11H2,1-5H3. The van der Waals surface area contributed by atoms with E-state index in [1.807, 2.05) is 11.8 Å². The van der Waals surface area contributed by atoms with Crippen molar-refractivity contribution in [1.29, 1.82) is 0 Å². The largest absolute Gasteiger partial charge is 0.312 e. The molecule has 2 heteroatoms. The Hall–Kier alpha value is -0.470. The number of aryl methyl sites for hydroxylation is 1. The maximum atomic E-state index is 3.56. The third-order valence-electron chi connectivity index (χ3n) is 2.50. The van der Waals surface area contributed by atoms with Gasteiger partial charge in [0.05, 0.1) is 0 Å². The minimum atomic E-state index is 0.224. The predicted octanol–water partition coefficient (Wildman–Crippen LogP) is 4.11.